The van der Waals surface area contributed by atoms with Gasteiger partial charge in [0, 0.05) is 23.7 Å². The molecule has 9 heteroatoms. The molecule has 0 aliphatic rings. The maximum Gasteiger partial charge on any atom is 0.434 e. The Morgan fingerprint density at radius 3 is 2.03 bits per heavy atom. The SMILES string of the molecule is COc1c(C)cc(-c2nc(C(F)(F)F)cn2-c2ccc(S(C)(=O)=O)cc2)cc1C. The highest BCUT2D eigenvalue weighted by atomic mass is 32.2. The van der Waals surface area contributed by atoms with Crippen LogP contribution in [0.15, 0.2) is 47.5 Å². The lowest BCUT2D eigenvalue weighted by Gasteiger charge is -2.13. The first kappa shape index (κ1) is 20.9. The summed E-state index contributed by atoms with van der Waals surface area (Å²) in [6.07, 6.45) is -2.65. The van der Waals surface area contributed by atoms with Gasteiger partial charge in [-0.2, -0.15) is 13.2 Å². The highest BCUT2D eigenvalue weighted by Crippen LogP contribution is 2.35. The number of hydrogen-bond acceptors (Lipinski definition) is 4. The number of aromatic nitrogens is 2. The molecule has 0 atom stereocenters. The van der Waals surface area contributed by atoms with Crippen LogP contribution in [-0.2, 0) is 16.0 Å². The molecule has 0 aliphatic heterocycles. The molecule has 29 heavy (non-hydrogen) atoms. The number of benzene rings is 2. The number of rotatable bonds is 4. The molecule has 0 aliphatic carbocycles. The standard InChI is InChI=1S/C20H19F3N2O3S/c1-12-9-14(10-13(2)18(12)28-3)19-24-17(20(21,22)23)11-25(19)15-5-7-16(8-6-15)29(4,26)27/h5-11H,1-4H3. The Morgan fingerprint density at radius 2 is 1.59 bits per heavy atom. The van der Waals surface area contributed by atoms with Gasteiger partial charge in [-0.05, 0) is 61.4 Å². The molecule has 1 aromatic heterocycles. The zero-order chi connectivity index (χ0) is 21.6. The Bertz CT molecular complexity index is 1140. The summed E-state index contributed by atoms with van der Waals surface area (Å²) < 4.78 is 69.9. The molecule has 0 N–H and O–H groups in total. The lowest BCUT2D eigenvalue weighted by atomic mass is 10.0. The van der Waals surface area contributed by atoms with Crippen LogP contribution in [-0.4, -0.2) is 31.3 Å². The van der Waals surface area contributed by atoms with Crippen molar-refractivity contribution in [2.24, 2.45) is 0 Å². The predicted molar refractivity (Wildman–Crippen MR) is 103 cm³/mol. The molecule has 154 valence electrons. The third-order valence-corrected chi connectivity index (χ3v) is 5.59. The van der Waals surface area contributed by atoms with E-state index in [0.717, 1.165) is 23.6 Å². The molecule has 0 bridgehead atoms. The zero-order valence-corrected chi connectivity index (χ0v) is 17.0. The second kappa shape index (κ2) is 7.22. The van der Waals surface area contributed by atoms with Crippen LogP contribution < -0.4 is 4.74 Å². The Labute approximate surface area is 166 Å². The number of halogens is 3. The average Bonchev–Trinajstić information content (AvgIpc) is 3.06. The van der Waals surface area contributed by atoms with E-state index < -0.39 is 21.7 Å². The van der Waals surface area contributed by atoms with Crippen molar-refractivity contribution in [3.8, 4) is 22.8 Å². The van der Waals surface area contributed by atoms with Crippen molar-refractivity contribution in [1.82, 2.24) is 9.55 Å². The van der Waals surface area contributed by atoms with Crippen LogP contribution in [0.4, 0.5) is 13.2 Å². The second-order valence-corrected chi connectivity index (χ2v) is 8.74. The Kier molecular flexibility index (Phi) is 5.20. The van der Waals surface area contributed by atoms with Crippen molar-refractivity contribution < 1.29 is 26.3 Å². The molecule has 0 radical (unpaired) electrons. The summed E-state index contributed by atoms with van der Waals surface area (Å²) in [6, 6.07) is 9.01. The fourth-order valence-corrected chi connectivity index (χ4v) is 3.80. The van der Waals surface area contributed by atoms with Crippen LogP contribution in [0.25, 0.3) is 17.1 Å². The van der Waals surface area contributed by atoms with Crippen LogP contribution in [0, 0.1) is 13.8 Å². The first-order chi connectivity index (χ1) is 13.4. The summed E-state index contributed by atoms with van der Waals surface area (Å²) in [5.41, 5.74) is 1.34. The monoisotopic (exact) mass is 424 g/mol. The maximum absolute atomic E-state index is 13.3. The smallest absolute Gasteiger partial charge is 0.434 e. The van der Waals surface area contributed by atoms with Gasteiger partial charge in [0.25, 0.3) is 0 Å². The van der Waals surface area contributed by atoms with E-state index in [0.29, 0.717) is 17.0 Å². The largest absolute Gasteiger partial charge is 0.496 e. The van der Waals surface area contributed by atoms with Crippen molar-refractivity contribution in [3.63, 3.8) is 0 Å². The van der Waals surface area contributed by atoms with Gasteiger partial charge in [0.15, 0.2) is 15.5 Å². The minimum Gasteiger partial charge on any atom is -0.496 e. The first-order valence-electron chi connectivity index (χ1n) is 8.54. The van der Waals surface area contributed by atoms with Crippen LogP contribution in [0.2, 0.25) is 0 Å². The molecular formula is C20H19F3N2O3S. The molecule has 5 nitrogen and oxygen atoms in total. The van der Waals surface area contributed by atoms with Gasteiger partial charge in [-0.25, -0.2) is 13.4 Å². The predicted octanol–water partition coefficient (Wildman–Crippen LogP) is 4.59. The summed E-state index contributed by atoms with van der Waals surface area (Å²) in [7, 11) is -1.89. The molecule has 0 fully saturated rings. The molecule has 3 aromatic rings. The van der Waals surface area contributed by atoms with Crippen molar-refractivity contribution in [2.45, 2.75) is 24.9 Å². The average molecular weight is 424 g/mol. The summed E-state index contributed by atoms with van der Waals surface area (Å²) in [5.74, 6) is 0.749. The topological polar surface area (TPSA) is 61.2 Å². The van der Waals surface area contributed by atoms with E-state index in [1.54, 1.807) is 26.0 Å². The van der Waals surface area contributed by atoms with Crippen molar-refractivity contribution in [3.05, 3.63) is 59.4 Å². The third kappa shape index (κ3) is 4.14. The van der Waals surface area contributed by atoms with E-state index in [2.05, 4.69) is 4.98 Å². The molecule has 0 amide bonds. The van der Waals surface area contributed by atoms with E-state index >= 15 is 0 Å². The minimum atomic E-state index is -4.62. The summed E-state index contributed by atoms with van der Waals surface area (Å²) in [6.45, 7) is 3.60. The number of hydrogen-bond donors (Lipinski definition) is 0. The third-order valence-electron chi connectivity index (χ3n) is 4.46. The van der Waals surface area contributed by atoms with Crippen molar-refractivity contribution in [2.75, 3.05) is 13.4 Å². The molecule has 2 aromatic carbocycles. The van der Waals surface area contributed by atoms with Gasteiger partial charge in [-0.15, -0.1) is 0 Å². The van der Waals surface area contributed by atoms with E-state index in [1.807, 2.05) is 0 Å². The van der Waals surface area contributed by atoms with Crippen LogP contribution in [0.1, 0.15) is 16.8 Å². The fourth-order valence-electron chi connectivity index (χ4n) is 3.17. The van der Waals surface area contributed by atoms with Gasteiger partial charge in [0.1, 0.15) is 11.6 Å². The molecule has 0 unspecified atom stereocenters. The number of imidazole rings is 1. The van der Waals surface area contributed by atoms with Crippen LogP contribution >= 0.6 is 0 Å². The summed E-state index contributed by atoms with van der Waals surface area (Å²) in [5, 5.41) is 0. The lowest BCUT2D eigenvalue weighted by molar-refractivity contribution is -0.140. The number of aryl methyl sites for hydroxylation is 2. The van der Waals surface area contributed by atoms with Crippen molar-refractivity contribution >= 4 is 9.84 Å². The van der Waals surface area contributed by atoms with E-state index in [-0.39, 0.29) is 10.7 Å². The molecular weight excluding hydrogens is 405 g/mol. The van der Waals surface area contributed by atoms with Gasteiger partial charge in [-0.3, -0.25) is 4.57 Å². The Hall–Kier alpha value is -2.81. The van der Waals surface area contributed by atoms with Gasteiger partial charge in [-0.1, -0.05) is 0 Å². The number of methoxy groups -OCH3 is 1. The Balaban J connectivity index is 2.22. The van der Waals surface area contributed by atoms with E-state index in [9.17, 15) is 21.6 Å². The van der Waals surface area contributed by atoms with Crippen LogP contribution in [0.5, 0.6) is 5.75 Å². The maximum atomic E-state index is 13.3. The first-order valence-corrected chi connectivity index (χ1v) is 10.4. The van der Waals surface area contributed by atoms with Gasteiger partial charge in [0.05, 0.1) is 12.0 Å². The van der Waals surface area contributed by atoms with Gasteiger partial charge < -0.3 is 4.74 Å². The highest BCUT2D eigenvalue weighted by molar-refractivity contribution is 7.90. The number of sulfone groups is 1. The summed E-state index contributed by atoms with van der Waals surface area (Å²) in [4.78, 5) is 3.89. The molecule has 1 heterocycles. The normalized spacial score (nSPS) is 12.2. The quantitative estimate of drug-likeness (QED) is 0.615. The number of ether oxygens (including phenoxy) is 1. The van der Waals surface area contributed by atoms with Gasteiger partial charge in [0.2, 0.25) is 0 Å². The zero-order valence-electron chi connectivity index (χ0n) is 16.2. The van der Waals surface area contributed by atoms with E-state index in [4.69, 9.17) is 4.74 Å². The minimum absolute atomic E-state index is 0.0788. The van der Waals surface area contributed by atoms with Crippen molar-refractivity contribution in [1.29, 1.82) is 0 Å². The lowest BCUT2D eigenvalue weighted by Crippen LogP contribution is -2.05. The fraction of sp³-hybridized carbons (Fsp3) is 0.250. The number of alkyl halides is 3. The van der Waals surface area contributed by atoms with Crippen LogP contribution in [0.3, 0.4) is 0 Å². The molecule has 3 rings (SSSR count). The summed E-state index contributed by atoms with van der Waals surface area (Å²) >= 11 is 0. The number of nitrogens with zero attached hydrogens (tertiary/aromatic N) is 2. The second-order valence-electron chi connectivity index (χ2n) is 6.73. The molecule has 0 saturated heterocycles. The molecule has 0 spiro atoms. The molecule has 0 saturated carbocycles. The van der Waals surface area contributed by atoms with Gasteiger partial charge >= 0.3 is 6.18 Å². The Morgan fingerprint density at radius 1 is 1.03 bits per heavy atom. The van der Waals surface area contributed by atoms with E-state index in [1.165, 1.54) is 35.9 Å². The highest BCUT2D eigenvalue weighted by Gasteiger charge is 2.35.